The molecule has 1 fully saturated rings. The van der Waals surface area contributed by atoms with Gasteiger partial charge in [0.2, 0.25) is 10.0 Å². The molecule has 1 saturated carbocycles. The molecule has 94 valence electrons. The highest BCUT2D eigenvalue weighted by Gasteiger charge is 2.20. The zero-order valence-corrected chi connectivity index (χ0v) is 10.6. The number of hydrogen-bond donors (Lipinski definition) is 1. The summed E-state index contributed by atoms with van der Waals surface area (Å²) in [5.41, 5.74) is 1.01. The Kier molecular flexibility index (Phi) is 4.12. The molecule has 5 heteroatoms. The van der Waals surface area contributed by atoms with Crippen LogP contribution in [0.5, 0.6) is 0 Å². The molecule has 1 aliphatic rings. The molecule has 0 bridgehead atoms. The Morgan fingerprint density at radius 2 is 1.88 bits per heavy atom. The third kappa shape index (κ3) is 4.09. The molecule has 1 N–H and O–H groups in total. The Morgan fingerprint density at radius 1 is 1.24 bits per heavy atom. The molecule has 0 spiro atoms. The van der Waals surface area contributed by atoms with E-state index in [1.54, 1.807) is 12.4 Å². The summed E-state index contributed by atoms with van der Waals surface area (Å²) in [6, 6.07) is 3.87. The number of nitrogens with zero attached hydrogens (tertiary/aromatic N) is 1. The Morgan fingerprint density at radius 3 is 2.53 bits per heavy atom. The first-order chi connectivity index (χ1) is 8.16. The molecule has 1 aromatic heterocycles. The van der Waals surface area contributed by atoms with Crippen molar-refractivity contribution in [1.29, 1.82) is 0 Å². The summed E-state index contributed by atoms with van der Waals surface area (Å²) in [7, 11) is -3.13. The fraction of sp³-hybridized carbons (Fsp3) is 0.583. The van der Waals surface area contributed by atoms with Crippen LogP contribution in [-0.4, -0.2) is 25.2 Å². The Labute approximate surface area is 103 Å². The molecule has 0 aliphatic heterocycles. The zero-order chi connectivity index (χ0) is 12.1. The van der Waals surface area contributed by atoms with Crippen molar-refractivity contribution in [3.05, 3.63) is 30.1 Å². The van der Waals surface area contributed by atoms with Crippen molar-refractivity contribution >= 4 is 10.0 Å². The molecule has 0 atom stereocenters. The number of sulfonamides is 1. The quantitative estimate of drug-likeness (QED) is 0.866. The highest BCUT2D eigenvalue weighted by molar-refractivity contribution is 7.89. The first-order valence-corrected chi connectivity index (χ1v) is 7.70. The van der Waals surface area contributed by atoms with E-state index in [0.29, 0.717) is 6.42 Å². The van der Waals surface area contributed by atoms with Crippen LogP contribution in [0.4, 0.5) is 0 Å². The summed E-state index contributed by atoms with van der Waals surface area (Å²) in [5.74, 6) is 0.160. The second-order valence-electron chi connectivity index (χ2n) is 4.52. The molecule has 2 rings (SSSR count). The van der Waals surface area contributed by atoms with Gasteiger partial charge in [-0.25, -0.2) is 13.1 Å². The minimum absolute atomic E-state index is 0.160. The van der Waals surface area contributed by atoms with Gasteiger partial charge in [-0.05, 0) is 37.0 Å². The van der Waals surface area contributed by atoms with Gasteiger partial charge in [0.1, 0.15) is 0 Å². The van der Waals surface area contributed by atoms with Crippen LogP contribution in [0.1, 0.15) is 31.2 Å². The fourth-order valence-corrected chi connectivity index (χ4v) is 3.52. The molecule has 17 heavy (non-hydrogen) atoms. The van der Waals surface area contributed by atoms with Crippen LogP contribution >= 0.6 is 0 Å². The monoisotopic (exact) mass is 254 g/mol. The van der Waals surface area contributed by atoms with E-state index in [2.05, 4.69) is 9.71 Å². The van der Waals surface area contributed by atoms with Gasteiger partial charge in [0.05, 0.1) is 5.75 Å². The van der Waals surface area contributed by atoms with E-state index in [-0.39, 0.29) is 11.8 Å². The summed E-state index contributed by atoms with van der Waals surface area (Å²) in [5, 5.41) is 0. The first kappa shape index (κ1) is 12.5. The van der Waals surface area contributed by atoms with Crippen LogP contribution in [-0.2, 0) is 16.4 Å². The van der Waals surface area contributed by atoms with Crippen LogP contribution in [0, 0.1) is 0 Å². The van der Waals surface area contributed by atoms with Crippen LogP contribution in [0.25, 0.3) is 0 Å². The van der Waals surface area contributed by atoms with Crippen molar-refractivity contribution in [2.45, 2.75) is 38.1 Å². The van der Waals surface area contributed by atoms with E-state index < -0.39 is 10.0 Å². The van der Waals surface area contributed by atoms with Gasteiger partial charge in [0.25, 0.3) is 0 Å². The number of aromatic nitrogens is 1. The molecule has 4 nitrogen and oxygen atoms in total. The van der Waals surface area contributed by atoms with Gasteiger partial charge in [0.15, 0.2) is 0 Å². The number of aryl methyl sites for hydroxylation is 1. The van der Waals surface area contributed by atoms with E-state index >= 15 is 0 Å². The van der Waals surface area contributed by atoms with Crippen LogP contribution in [0.2, 0.25) is 0 Å². The van der Waals surface area contributed by atoms with Gasteiger partial charge in [-0.15, -0.1) is 0 Å². The summed E-state index contributed by atoms with van der Waals surface area (Å²) < 4.78 is 26.4. The molecular weight excluding hydrogens is 236 g/mol. The number of rotatable bonds is 5. The molecule has 0 saturated heterocycles. The van der Waals surface area contributed by atoms with E-state index in [0.717, 1.165) is 31.2 Å². The second kappa shape index (κ2) is 5.60. The fourth-order valence-electron chi connectivity index (χ4n) is 2.16. The SMILES string of the molecule is O=S(=O)(CCc1ccncc1)NC1CCCC1. The minimum Gasteiger partial charge on any atom is -0.265 e. The third-order valence-corrected chi connectivity index (χ3v) is 4.54. The predicted octanol–water partition coefficient (Wildman–Crippen LogP) is 1.49. The number of hydrogen-bond acceptors (Lipinski definition) is 3. The van der Waals surface area contributed by atoms with Gasteiger partial charge in [0, 0.05) is 18.4 Å². The van der Waals surface area contributed by atoms with Gasteiger partial charge >= 0.3 is 0 Å². The second-order valence-corrected chi connectivity index (χ2v) is 6.40. The standard InChI is InChI=1S/C12H18N2O2S/c15-17(16,14-12-3-1-2-4-12)10-7-11-5-8-13-9-6-11/h5-6,8-9,12,14H,1-4,7,10H2. The van der Waals surface area contributed by atoms with Gasteiger partial charge in [-0.2, -0.15) is 0 Å². The lowest BCUT2D eigenvalue weighted by Crippen LogP contribution is -2.34. The Bertz CT molecular complexity index is 439. The molecule has 0 unspecified atom stereocenters. The lowest BCUT2D eigenvalue weighted by atomic mass is 10.2. The smallest absolute Gasteiger partial charge is 0.212 e. The summed E-state index contributed by atoms with van der Waals surface area (Å²) in [6.07, 6.45) is 8.15. The average Bonchev–Trinajstić information content (AvgIpc) is 2.80. The van der Waals surface area contributed by atoms with Crippen molar-refractivity contribution in [1.82, 2.24) is 9.71 Å². The molecule has 1 aliphatic carbocycles. The van der Waals surface area contributed by atoms with Crippen molar-refractivity contribution in [3.8, 4) is 0 Å². The molecular formula is C12H18N2O2S. The lowest BCUT2D eigenvalue weighted by molar-refractivity contribution is 0.551. The van der Waals surface area contributed by atoms with E-state index in [1.807, 2.05) is 12.1 Å². The largest absolute Gasteiger partial charge is 0.265 e. The van der Waals surface area contributed by atoms with Gasteiger partial charge in [-0.1, -0.05) is 12.8 Å². The van der Waals surface area contributed by atoms with E-state index in [9.17, 15) is 8.42 Å². The molecule has 1 aromatic rings. The van der Waals surface area contributed by atoms with Crippen LogP contribution in [0.3, 0.4) is 0 Å². The first-order valence-electron chi connectivity index (χ1n) is 6.05. The molecule has 0 radical (unpaired) electrons. The maximum atomic E-state index is 11.8. The zero-order valence-electron chi connectivity index (χ0n) is 9.80. The molecule has 0 amide bonds. The topological polar surface area (TPSA) is 59.1 Å². The van der Waals surface area contributed by atoms with Gasteiger partial charge in [-0.3, -0.25) is 4.98 Å². The van der Waals surface area contributed by atoms with Crippen LogP contribution in [0.15, 0.2) is 24.5 Å². The maximum Gasteiger partial charge on any atom is 0.212 e. The Balaban J connectivity index is 1.85. The van der Waals surface area contributed by atoms with Crippen LogP contribution < -0.4 is 4.72 Å². The summed E-state index contributed by atoms with van der Waals surface area (Å²) in [6.45, 7) is 0. The highest BCUT2D eigenvalue weighted by atomic mass is 32.2. The lowest BCUT2D eigenvalue weighted by Gasteiger charge is -2.12. The minimum atomic E-state index is -3.13. The number of pyridine rings is 1. The molecule has 0 aromatic carbocycles. The van der Waals surface area contributed by atoms with Crippen molar-refractivity contribution in [3.63, 3.8) is 0 Å². The van der Waals surface area contributed by atoms with Gasteiger partial charge < -0.3 is 0 Å². The van der Waals surface area contributed by atoms with E-state index in [1.165, 1.54) is 0 Å². The Hall–Kier alpha value is -0.940. The maximum absolute atomic E-state index is 11.8. The summed E-state index contributed by atoms with van der Waals surface area (Å²) >= 11 is 0. The average molecular weight is 254 g/mol. The normalized spacial score (nSPS) is 17.4. The predicted molar refractivity (Wildman–Crippen MR) is 67.1 cm³/mol. The van der Waals surface area contributed by atoms with Crippen molar-refractivity contribution in [2.75, 3.05) is 5.75 Å². The third-order valence-electron chi connectivity index (χ3n) is 3.11. The van der Waals surface area contributed by atoms with Crippen molar-refractivity contribution in [2.24, 2.45) is 0 Å². The molecule has 1 heterocycles. The highest BCUT2D eigenvalue weighted by Crippen LogP contribution is 2.18. The number of nitrogens with one attached hydrogen (secondary N) is 1. The van der Waals surface area contributed by atoms with E-state index in [4.69, 9.17) is 0 Å². The van der Waals surface area contributed by atoms with Crippen molar-refractivity contribution < 1.29 is 8.42 Å². The summed E-state index contributed by atoms with van der Waals surface area (Å²) in [4.78, 5) is 3.91.